The third-order valence-corrected chi connectivity index (χ3v) is 4.94. The fourth-order valence-electron chi connectivity index (χ4n) is 1.35. The van der Waals surface area contributed by atoms with Crippen molar-refractivity contribution in [3.05, 3.63) is 22.4 Å². The van der Waals surface area contributed by atoms with Crippen LogP contribution in [0.5, 0.6) is 0 Å². The highest BCUT2D eigenvalue weighted by molar-refractivity contribution is 7.91. The first-order valence-electron chi connectivity index (χ1n) is 5.56. The Labute approximate surface area is 102 Å². The number of sulfone groups is 1. The average Bonchev–Trinajstić information content (AvgIpc) is 2.76. The topological polar surface area (TPSA) is 46.2 Å². The van der Waals surface area contributed by atoms with Crippen LogP contribution in [0.4, 0.5) is 0 Å². The quantitative estimate of drug-likeness (QED) is 0.725. The molecule has 0 saturated heterocycles. The Hall–Kier alpha value is -0.390. The minimum Gasteiger partial charge on any atom is -0.316 e. The molecule has 0 spiro atoms. The molecule has 1 heterocycles. The van der Waals surface area contributed by atoms with Crippen LogP contribution >= 0.6 is 11.3 Å². The third-order valence-electron chi connectivity index (χ3n) is 2.42. The lowest BCUT2D eigenvalue weighted by atomic mass is 10.2. The third kappa shape index (κ3) is 5.63. The Morgan fingerprint density at radius 2 is 2.19 bits per heavy atom. The predicted molar refractivity (Wildman–Crippen MR) is 69.8 cm³/mol. The maximum atomic E-state index is 11.2. The van der Waals surface area contributed by atoms with Crippen molar-refractivity contribution in [3.63, 3.8) is 0 Å². The zero-order chi connectivity index (χ0) is 11.9. The summed E-state index contributed by atoms with van der Waals surface area (Å²) >= 11 is 1.71. The van der Waals surface area contributed by atoms with Crippen molar-refractivity contribution in [2.75, 3.05) is 24.6 Å². The van der Waals surface area contributed by atoms with Gasteiger partial charge in [0.25, 0.3) is 0 Å². The van der Waals surface area contributed by atoms with Gasteiger partial charge < -0.3 is 5.32 Å². The molecule has 16 heavy (non-hydrogen) atoms. The van der Waals surface area contributed by atoms with Gasteiger partial charge in [0.05, 0.1) is 5.75 Å². The minimum atomic E-state index is -2.79. The molecule has 1 N–H and O–H groups in total. The van der Waals surface area contributed by atoms with Gasteiger partial charge in [-0.15, -0.1) is 0 Å². The van der Waals surface area contributed by atoms with Crippen LogP contribution in [0.3, 0.4) is 0 Å². The summed E-state index contributed by atoms with van der Waals surface area (Å²) in [5.41, 5.74) is 1.35. The van der Waals surface area contributed by atoms with E-state index in [1.165, 1.54) is 5.56 Å². The molecule has 3 nitrogen and oxygen atoms in total. The van der Waals surface area contributed by atoms with Crippen molar-refractivity contribution < 1.29 is 8.42 Å². The van der Waals surface area contributed by atoms with Crippen LogP contribution in [0.25, 0.3) is 0 Å². The first-order chi connectivity index (χ1) is 7.64. The molecule has 0 aliphatic heterocycles. The summed E-state index contributed by atoms with van der Waals surface area (Å²) in [6.07, 6.45) is 1.73. The summed E-state index contributed by atoms with van der Waals surface area (Å²) < 4.78 is 22.4. The summed E-state index contributed by atoms with van der Waals surface area (Å²) in [5, 5.41) is 7.48. The summed E-state index contributed by atoms with van der Waals surface area (Å²) in [4.78, 5) is 0. The Morgan fingerprint density at radius 1 is 1.38 bits per heavy atom. The van der Waals surface area contributed by atoms with E-state index in [0.717, 1.165) is 19.5 Å². The number of rotatable bonds is 8. The molecule has 0 aliphatic carbocycles. The molecular formula is C11H19NO2S2. The van der Waals surface area contributed by atoms with E-state index in [1.54, 1.807) is 18.3 Å². The van der Waals surface area contributed by atoms with Gasteiger partial charge in [-0.25, -0.2) is 8.42 Å². The van der Waals surface area contributed by atoms with Gasteiger partial charge in [-0.1, -0.05) is 6.92 Å². The molecule has 0 amide bonds. The molecule has 0 aromatic carbocycles. The standard InChI is InChI=1S/C11H19NO2S2/c1-2-16(13,14)9-3-6-12-7-4-11-5-8-15-10-11/h5,8,10,12H,2-4,6-7,9H2,1H3. The first kappa shape index (κ1) is 13.7. The normalized spacial score (nSPS) is 11.8. The molecule has 1 rings (SSSR count). The highest BCUT2D eigenvalue weighted by atomic mass is 32.2. The van der Waals surface area contributed by atoms with E-state index in [9.17, 15) is 8.42 Å². The largest absolute Gasteiger partial charge is 0.316 e. The number of hydrogen-bond acceptors (Lipinski definition) is 4. The Balaban J connectivity index is 2.01. The summed E-state index contributed by atoms with van der Waals surface area (Å²) in [5.74, 6) is 0.552. The smallest absolute Gasteiger partial charge is 0.150 e. The SMILES string of the molecule is CCS(=O)(=O)CCCNCCc1ccsc1. The van der Waals surface area contributed by atoms with E-state index in [2.05, 4.69) is 22.1 Å². The van der Waals surface area contributed by atoms with Crippen LogP contribution in [0.15, 0.2) is 16.8 Å². The van der Waals surface area contributed by atoms with E-state index < -0.39 is 9.84 Å². The second-order valence-corrected chi connectivity index (χ2v) is 6.97. The molecule has 0 bridgehead atoms. The highest BCUT2D eigenvalue weighted by Crippen LogP contribution is 2.05. The lowest BCUT2D eigenvalue weighted by Crippen LogP contribution is -2.21. The van der Waals surface area contributed by atoms with Gasteiger partial charge in [0.2, 0.25) is 0 Å². The van der Waals surface area contributed by atoms with Gasteiger partial charge in [0, 0.05) is 5.75 Å². The van der Waals surface area contributed by atoms with Gasteiger partial charge in [-0.2, -0.15) is 11.3 Å². The Morgan fingerprint density at radius 3 is 2.81 bits per heavy atom. The molecule has 0 saturated carbocycles. The molecule has 1 aromatic heterocycles. The highest BCUT2D eigenvalue weighted by Gasteiger charge is 2.05. The van der Waals surface area contributed by atoms with E-state index >= 15 is 0 Å². The van der Waals surface area contributed by atoms with Crippen LogP contribution < -0.4 is 5.32 Å². The average molecular weight is 261 g/mol. The van der Waals surface area contributed by atoms with E-state index in [0.29, 0.717) is 12.2 Å². The molecule has 0 unspecified atom stereocenters. The second kappa shape index (κ2) is 7.04. The van der Waals surface area contributed by atoms with Gasteiger partial charge in [0.1, 0.15) is 9.84 Å². The van der Waals surface area contributed by atoms with Crippen molar-refractivity contribution in [1.82, 2.24) is 5.32 Å². The zero-order valence-corrected chi connectivity index (χ0v) is 11.2. The molecular weight excluding hydrogens is 242 g/mol. The Kier molecular flexibility index (Phi) is 6.01. The van der Waals surface area contributed by atoms with Crippen LogP contribution in [0.2, 0.25) is 0 Å². The summed E-state index contributed by atoms with van der Waals surface area (Å²) in [6, 6.07) is 2.12. The van der Waals surface area contributed by atoms with E-state index in [4.69, 9.17) is 0 Å². The van der Waals surface area contributed by atoms with Crippen molar-refractivity contribution >= 4 is 21.2 Å². The summed E-state index contributed by atoms with van der Waals surface area (Å²) in [7, 11) is -2.79. The van der Waals surface area contributed by atoms with Gasteiger partial charge in [-0.05, 0) is 48.3 Å². The summed E-state index contributed by atoms with van der Waals surface area (Å²) in [6.45, 7) is 3.39. The lowest BCUT2D eigenvalue weighted by Gasteiger charge is -2.04. The van der Waals surface area contributed by atoms with Crippen LogP contribution in [0, 0.1) is 0 Å². The number of thiophene rings is 1. The molecule has 0 atom stereocenters. The Bertz CT molecular complexity index is 371. The lowest BCUT2D eigenvalue weighted by molar-refractivity contribution is 0.590. The van der Waals surface area contributed by atoms with E-state index in [1.807, 2.05) is 0 Å². The maximum Gasteiger partial charge on any atom is 0.150 e. The number of hydrogen-bond donors (Lipinski definition) is 1. The monoisotopic (exact) mass is 261 g/mol. The fourth-order valence-corrected chi connectivity index (χ4v) is 2.93. The van der Waals surface area contributed by atoms with Crippen molar-refractivity contribution in [1.29, 1.82) is 0 Å². The molecule has 0 radical (unpaired) electrons. The predicted octanol–water partition coefficient (Wildman–Crippen LogP) is 1.70. The molecule has 0 fully saturated rings. The van der Waals surface area contributed by atoms with Crippen molar-refractivity contribution in [2.45, 2.75) is 19.8 Å². The fraction of sp³-hybridized carbons (Fsp3) is 0.636. The maximum absolute atomic E-state index is 11.2. The van der Waals surface area contributed by atoms with Crippen LogP contribution in [-0.4, -0.2) is 33.0 Å². The van der Waals surface area contributed by atoms with Crippen LogP contribution in [-0.2, 0) is 16.3 Å². The van der Waals surface area contributed by atoms with Crippen molar-refractivity contribution in [3.8, 4) is 0 Å². The first-order valence-corrected chi connectivity index (χ1v) is 8.32. The van der Waals surface area contributed by atoms with Crippen molar-refractivity contribution in [2.24, 2.45) is 0 Å². The molecule has 0 aliphatic rings. The van der Waals surface area contributed by atoms with Crippen LogP contribution in [0.1, 0.15) is 18.9 Å². The number of nitrogens with one attached hydrogen (secondary N) is 1. The molecule has 92 valence electrons. The van der Waals surface area contributed by atoms with Gasteiger partial charge in [0.15, 0.2) is 0 Å². The van der Waals surface area contributed by atoms with E-state index in [-0.39, 0.29) is 5.75 Å². The minimum absolute atomic E-state index is 0.252. The second-order valence-electron chi connectivity index (χ2n) is 3.72. The zero-order valence-electron chi connectivity index (χ0n) is 9.61. The molecule has 1 aromatic rings. The van der Waals surface area contributed by atoms with Gasteiger partial charge in [-0.3, -0.25) is 0 Å². The van der Waals surface area contributed by atoms with Gasteiger partial charge >= 0.3 is 0 Å². The molecule has 5 heteroatoms.